The first-order valence-electron chi connectivity index (χ1n) is 7.71. The van der Waals surface area contributed by atoms with E-state index in [1.54, 1.807) is 6.92 Å². The molecule has 0 heterocycles. The highest BCUT2D eigenvalue weighted by atomic mass is 19.1. The third-order valence-electron chi connectivity index (χ3n) is 3.87. The van der Waals surface area contributed by atoms with Crippen LogP contribution in [0.2, 0.25) is 0 Å². The van der Waals surface area contributed by atoms with Gasteiger partial charge in [-0.3, -0.25) is 10.2 Å². The van der Waals surface area contributed by atoms with E-state index in [2.05, 4.69) is 26.1 Å². The van der Waals surface area contributed by atoms with Crippen LogP contribution in [0.1, 0.15) is 52.0 Å². The largest absolute Gasteiger partial charge is 0.322 e. The first-order valence-corrected chi connectivity index (χ1v) is 7.71. The molecule has 1 unspecified atom stereocenters. The predicted octanol–water partition coefficient (Wildman–Crippen LogP) is 3.83. The number of anilines is 1. The second-order valence-corrected chi connectivity index (χ2v) is 5.59. The van der Waals surface area contributed by atoms with Crippen LogP contribution in [-0.4, -0.2) is 5.91 Å². The molecule has 4 N–H and O–H groups in total. The van der Waals surface area contributed by atoms with E-state index in [4.69, 9.17) is 5.84 Å². The van der Waals surface area contributed by atoms with Crippen LogP contribution in [0.4, 0.5) is 10.1 Å². The van der Waals surface area contributed by atoms with Crippen LogP contribution in [0.3, 0.4) is 0 Å². The summed E-state index contributed by atoms with van der Waals surface area (Å²) in [5.41, 5.74) is 3.71. The lowest BCUT2D eigenvalue weighted by Gasteiger charge is -2.23. The minimum atomic E-state index is -0.798. The van der Waals surface area contributed by atoms with E-state index in [0.717, 1.165) is 17.7 Å². The fourth-order valence-corrected chi connectivity index (χ4v) is 2.68. The van der Waals surface area contributed by atoms with Gasteiger partial charge in [-0.05, 0) is 36.3 Å². The fourth-order valence-electron chi connectivity index (χ4n) is 2.68. The molecule has 0 radical (unpaired) electrons. The summed E-state index contributed by atoms with van der Waals surface area (Å²) in [6.45, 7) is 8.14. The van der Waals surface area contributed by atoms with E-state index >= 15 is 0 Å². The number of hydrogen-bond acceptors (Lipinski definition) is 3. The van der Waals surface area contributed by atoms with Crippen molar-refractivity contribution in [3.8, 4) is 0 Å². The molecule has 0 aliphatic carbocycles. The zero-order chi connectivity index (χ0) is 16.7. The van der Waals surface area contributed by atoms with Crippen LogP contribution in [0, 0.1) is 5.92 Å². The summed E-state index contributed by atoms with van der Waals surface area (Å²) in [6.07, 6.45) is 1.23. The van der Waals surface area contributed by atoms with Crippen molar-refractivity contribution < 1.29 is 9.18 Å². The van der Waals surface area contributed by atoms with Crippen molar-refractivity contribution in [3.05, 3.63) is 41.4 Å². The number of carbonyl (C=O) groups excluding carboxylic acids is 1. The van der Waals surface area contributed by atoms with Crippen LogP contribution in [0.15, 0.2) is 35.8 Å². The van der Waals surface area contributed by atoms with Crippen molar-refractivity contribution in [3.63, 3.8) is 0 Å². The third-order valence-corrected chi connectivity index (χ3v) is 3.87. The molecule has 0 saturated carbocycles. The van der Waals surface area contributed by atoms with Crippen LogP contribution in [0.5, 0.6) is 0 Å². The molecule has 0 saturated heterocycles. The highest BCUT2D eigenvalue weighted by Crippen LogP contribution is 2.33. The molecule has 0 fully saturated rings. The molecule has 0 aliphatic rings. The van der Waals surface area contributed by atoms with Gasteiger partial charge in [0.25, 0.3) is 5.91 Å². The number of rotatable bonds is 7. The van der Waals surface area contributed by atoms with Crippen LogP contribution in [0.25, 0.3) is 0 Å². The number of benzene rings is 1. The molecular formula is C17H26FN3O. The zero-order valence-corrected chi connectivity index (χ0v) is 13.7. The summed E-state index contributed by atoms with van der Waals surface area (Å²) in [4.78, 5) is 12.3. The van der Waals surface area contributed by atoms with E-state index < -0.39 is 11.9 Å². The van der Waals surface area contributed by atoms with Crippen molar-refractivity contribution in [2.45, 2.75) is 46.5 Å². The molecule has 0 spiro atoms. The van der Waals surface area contributed by atoms with E-state index in [0.29, 0.717) is 11.8 Å². The van der Waals surface area contributed by atoms with E-state index in [1.807, 2.05) is 29.7 Å². The molecular weight excluding hydrogens is 281 g/mol. The Labute approximate surface area is 131 Å². The van der Waals surface area contributed by atoms with Crippen molar-refractivity contribution in [1.29, 1.82) is 0 Å². The standard InChI is InChI=1S/C17H26FN3O/c1-5-12(11(3)4)14-9-7-8-10-15(14)20-17(22)13(6-2)16(18)21-19/h7-12,21H,5-6,19H2,1-4H3,(H,20,22)/b16-13+. The zero-order valence-electron chi connectivity index (χ0n) is 13.7. The van der Waals surface area contributed by atoms with Crippen molar-refractivity contribution in [2.75, 3.05) is 5.32 Å². The van der Waals surface area contributed by atoms with E-state index in [1.165, 1.54) is 0 Å². The first kappa shape index (κ1) is 18.2. The average molecular weight is 307 g/mol. The summed E-state index contributed by atoms with van der Waals surface area (Å²) in [7, 11) is 0. The molecule has 22 heavy (non-hydrogen) atoms. The number of halogens is 1. The first-order chi connectivity index (χ1) is 10.5. The SMILES string of the molecule is CC/C(C(=O)Nc1ccccc1C(CC)C(C)C)=C(/F)NN. The molecule has 1 aromatic rings. The molecule has 0 aliphatic heterocycles. The summed E-state index contributed by atoms with van der Waals surface area (Å²) >= 11 is 0. The van der Waals surface area contributed by atoms with Crippen LogP contribution >= 0.6 is 0 Å². The summed E-state index contributed by atoms with van der Waals surface area (Å²) < 4.78 is 13.6. The van der Waals surface area contributed by atoms with Gasteiger partial charge >= 0.3 is 0 Å². The van der Waals surface area contributed by atoms with Gasteiger partial charge in [0.05, 0.1) is 5.57 Å². The highest BCUT2D eigenvalue weighted by Gasteiger charge is 2.20. The maximum absolute atomic E-state index is 13.6. The molecule has 1 aromatic carbocycles. The number of nitrogens with two attached hydrogens (primary N) is 1. The predicted molar refractivity (Wildman–Crippen MR) is 88.7 cm³/mol. The average Bonchev–Trinajstić information content (AvgIpc) is 2.49. The van der Waals surface area contributed by atoms with Gasteiger partial charge in [0.15, 0.2) is 0 Å². The minimum Gasteiger partial charge on any atom is -0.322 e. The van der Waals surface area contributed by atoms with Crippen molar-refractivity contribution in [1.82, 2.24) is 5.43 Å². The Morgan fingerprint density at radius 3 is 2.41 bits per heavy atom. The summed E-state index contributed by atoms with van der Waals surface area (Å²) in [5.74, 6) is 4.58. The molecule has 1 amide bonds. The molecule has 5 heteroatoms. The van der Waals surface area contributed by atoms with Gasteiger partial charge in [-0.1, -0.05) is 45.9 Å². The number of hydrogen-bond donors (Lipinski definition) is 3. The second kappa shape index (κ2) is 8.54. The Morgan fingerprint density at radius 2 is 1.91 bits per heavy atom. The number of para-hydroxylation sites is 1. The molecule has 122 valence electrons. The maximum atomic E-state index is 13.6. The van der Waals surface area contributed by atoms with Gasteiger partial charge in [-0.25, -0.2) is 5.84 Å². The Kier molecular flexibility index (Phi) is 7.05. The molecule has 1 rings (SSSR count). The minimum absolute atomic E-state index is 0.00917. The second-order valence-electron chi connectivity index (χ2n) is 5.59. The molecule has 4 nitrogen and oxygen atoms in total. The number of hydrazine groups is 1. The third kappa shape index (κ3) is 4.31. The number of carbonyl (C=O) groups is 1. The molecule has 0 bridgehead atoms. The Balaban J connectivity index is 3.11. The Morgan fingerprint density at radius 1 is 1.27 bits per heavy atom. The lowest BCUT2D eigenvalue weighted by molar-refractivity contribution is -0.113. The van der Waals surface area contributed by atoms with E-state index in [-0.39, 0.29) is 12.0 Å². The van der Waals surface area contributed by atoms with Crippen molar-refractivity contribution in [2.24, 2.45) is 11.8 Å². The Bertz CT molecular complexity index is 540. The van der Waals surface area contributed by atoms with Crippen LogP contribution in [-0.2, 0) is 4.79 Å². The quantitative estimate of drug-likeness (QED) is 0.310. The summed E-state index contributed by atoms with van der Waals surface area (Å²) in [5, 5.41) is 2.81. The fraction of sp³-hybridized carbons (Fsp3) is 0.471. The normalized spacial score (nSPS) is 13.6. The van der Waals surface area contributed by atoms with Crippen molar-refractivity contribution >= 4 is 11.6 Å². The lowest BCUT2D eigenvalue weighted by atomic mass is 9.85. The van der Waals surface area contributed by atoms with Gasteiger partial charge in [0.2, 0.25) is 5.95 Å². The lowest BCUT2D eigenvalue weighted by Crippen LogP contribution is -2.25. The van der Waals surface area contributed by atoms with Gasteiger partial charge < -0.3 is 5.32 Å². The van der Waals surface area contributed by atoms with Crippen LogP contribution < -0.4 is 16.6 Å². The van der Waals surface area contributed by atoms with Gasteiger partial charge in [0.1, 0.15) is 0 Å². The maximum Gasteiger partial charge on any atom is 0.256 e. The number of nitrogens with one attached hydrogen (secondary N) is 2. The topological polar surface area (TPSA) is 67.2 Å². The monoisotopic (exact) mass is 307 g/mol. The number of amides is 1. The Hall–Kier alpha value is -1.88. The van der Waals surface area contributed by atoms with Gasteiger partial charge in [0, 0.05) is 5.69 Å². The highest BCUT2D eigenvalue weighted by molar-refractivity contribution is 6.04. The molecule has 1 atom stereocenters. The van der Waals surface area contributed by atoms with Gasteiger partial charge in [-0.2, -0.15) is 4.39 Å². The van der Waals surface area contributed by atoms with Gasteiger partial charge in [-0.15, -0.1) is 0 Å². The van der Waals surface area contributed by atoms with E-state index in [9.17, 15) is 9.18 Å². The smallest absolute Gasteiger partial charge is 0.256 e. The molecule has 0 aromatic heterocycles. The summed E-state index contributed by atoms with van der Waals surface area (Å²) in [6, 6.07) is 7.67.